The Bertz CT molecular complexity index is 1180. The van der Waals surface area contributed by atoms with Crippen molar-refractivity contribution < 1.29 is 23.9 Å². The first-order chi connectivity index (χ1) is 18.5. The first-order valence-electron chi connectivity index (χ1n) is 13.9. The molecular formula is C30H37N3O5. The van der Waals surface area contributed by atoms with Crippen molar-refractivity contribution in [2.45, 2.75) is 70.7 Å². The molecule has 3 aliphatic heterocycles. The smallest absolute Gasteiger partial charge is 0.255 e. The molecule has 2 aromatic carbocycles. The number of fused-ring (bicyclic) bond motifs is 2. The largest absolute Gasteiger partial charge is 0.493 e. The van der Waals surface area contributed by atoms with Crippen LogP contribution in [0, 0.1) is 0 Å². The number of nitrogens with one attached hydrogen (secondary N) is 1. The Balaban J connectivity index is 1.04. The maximum Gasteiger partial charge on any atom is 0.255 e. The van der Waals surface area contributed by atoms with Gasteiger partial charge in [-0.3, -0.25) is 19.7 Å². The van der Waals surface area contributed by atoms with Gasteiger partial charge in [-0.25, -0.2) is 0 Å². The molecule has 1 saturated heterocycles. The number of amides is 3. The maximum atomic E-state index is 13.0. The van der Waals surface area contributed by atoms with Crippen LogP contribution in [0.2, 0.25) is 0 Å². The summed E-state index contributed by atoms with van der Waals surface area (Å²) >= 11 is 0. The molecule has 1 N–H and O–H groups in total. The molecule has 0 bridgehead atoms. The standard InChI is InChI=1S/C30H37N3O5/c1-2-32(17-15-27-22-10-5-4-9-21(22)20-38-27)16-6-3-7-18-37-26-12-8-11-23-24(26)19-33(30(23)36)25-13-14-28(34)31-29(25)35/h4-5,8-12,25,27H,2-3,6-7,13-20H2,1H3,(H,31,34,35). The van der Waals surface area contributed by atoms with Crippen LogP contribution < -0.4 is 10.1 Å². The molecule has 0 aliphatic carbocycles. The predicted molar refractivity (Wildman–Crippen MR) is 143 cm³/mol. The highest BCUT2D eigenvalue weighted by Gasteiger charge is 2.40. The number of benzene rings is 2. The topological polar surface area (TPSA) is 88.2 Å². The van der Waals surface area contributed by atoms with E-state index in [0.717, 1.165) is 57.5 Å². The first-order valence-corrected chi connectivity index (χ1v) is 13.9. The van der Waals surface area contributed by atoms with Gasteiger partial charge < -0.3 is 19.3 Å². The molecule has 0 radical (unpaired) electrons. The lowest BCUT2D eigenvalue weighted by Gasteiger charge is -2.29. The normalized spacial score (nSPS) is 20.6. The van der Waals surface area contributed by atoms with Crippen LogP contribution in [0.3, 0.4) is 0 Å². The Hall–Kier alpha value is -3.23. The van der Waals surface area contributed by atoms with Crippen molar-refractivity contribution in [3.05, 3.63) is 64.7 Å². The van der Waals surface area contributed by atoms with E-state index in [-0.39, 0.29) is 24.3 Å². The number of carbonyl (C=O) groups excluding carboxylic acids is 3. The maximum absolute atomic E-state index is 13.0. The molecule has 0 spiro atoms. The summed E-state index contributed by atoms with van der Waals surface area (Å²) in [6, 6.07) is 13.4. The van der Waals surface area contributed by atoms with E-state index in [1.54, 1.807) is 11.0 Å². The summed E-state index contributed by atoms with van der Waals surface area (Å²) in [5.41, 5.74) is 4.07. The zero-order valence-corrected chi connectivity index (χ0v) is 22.1. The number of unbranched alkanes of at least 4 members (excludes halogenated alkanes) is 2. The minimum atomic E-state index is -0.614. The Morgan fingerprint density at radius 2 is 1.92 bits per heavy atom. The molecular weight excluding hydrogens is 482 g/mol. The lowest BCUT2D eigenvalue weighted by Crippen LogP contribution is -2.52. The Kier molecular flexibility index (Phi) is 8.39. The number of carbonyl (C=O) groups is 3. The van der Waals surface area contributed by atoms with Crippen molar-refractivity contribution in [2.24, 2.45) is 0 Å². The van der Waals surface area contributed by atoms with E-state index < -0.39 is 11.9 Å². The molecule has 3 aliphatic rings. The molecule has 8 heteroatoms. The fourth-order valence-electron chi connectivity index (χ4n) is 5.72. The van der Waals surface area contributed by atoms with Gasteiger partial charge in [-0.1, -0.05) is 37.3 Å². The highest BCUT2D eigenvalue weighted by molar-refractivity contribution is 6.05. The zero-order chi connectivity index (χ0) is 26.5. The van der Waals surface area contributed by atoms with Gasteiger partial charge in [0.15, 0.2) is 0 Å². The molecule has 8 nitrogen and oxygen atoms in total. The van der Waals surface area contributed by atoms with Gasteiger partial charge in [0.2, 0.25) is 11.8 Å². The SMILES string of the molecule is CCN(CCCCCOc1cccc2c1CN(C1CCC(=O)NC1=O)C2=O)CCC1OCc2ccccc21. The number of piperidine rings is 1. The average molecular weight is 520 g/mol. The molecule has 3 amide bonds. The highest BCUT2D eigenvalue weighted by Crippen LogP contribution is 2.34. The minimum absolute atomic E-state index is 0.175. The van der Waals surface area contributed by atoms with E-state index in [1.165, 1.54) is 11.1 Å². The van der Waals surface area contributed by atoms with Crippen molar-refractivity contribution in [1.82, 2.24) is 15.1 Å². The van der Waals surface area contributed by atoms with Crippen LogP contribution in [0.5, 0.6) is 5.75 Å². The average Bonchev–Trinajstić information content (AvgIpc) is 3.49. The van der Waals surface area contributed by atoms with E-state index >= 15 is 0 Å². The summed E-state index contributed by atoms with van der Waals surface area (Å²) in [6.45, 7) is 6.96. The predicted octanol–water partition coefficient (Wildman–Crippen LogP) is 3.98. The first kappa shape index (κ1) is 26.4. The van der Waals surface area contributed by atoms with E-state index in [4.69, 9.17) is 9.47 Å². The van der Waals surface area contributed by atoms with E-state index in [2.05, 4.69) is 41.4 Å². The highest BCUT2D eigenvalue weighted by atomic mass is 16.5. The summed E-state index contributed by atoms with van der Waals surface area (Å²) in [6.07, 6.45) is 4.93. The number of hydrogen-bond donors (Lipinski definition) is 1. The van der Waals surface area contributed by atoms with Crippen LogP contribution in [-0.4, -0.2) is 59.8 Å². The summed E-state index contributed by atoms with van der Waals surface area (Å²) in [5, 5.41) is 2.35. The summed E-state index contributed by atoms with van der Waals surface area (Å²) < 4.78 is 12.1. The van der Waals surface area contributed by atoms with Crippen LogP contribution in [-0.2, 0) is 27.5 Å². The van der Waals surface area contributed by atoms with Gasteiger partial charge in [-0.2, -0.15) is 0 Å². The second kappa shape index (κ2) is 12.1. The number of hydrogen-bond acceptors (Lipinski definition) is 6. The van der Waals surface area contributed by atoms with Gasteiger partial charge >= 0.3 is 0 Å². The van der Waals surface area contributed by atoms with Gasteiger partial charge in [0.05, 0.1) is 25.9 Å². The lowest BCUT2D eigenvalue weighted by atomic mass is 10.0. The Morgan fingerprint density at radius 3 is 2.76 bits per heavy atom. The monoisotopic (exact) mass is 519 g/mol. The quantitative estimate of drug-likeness (QED) is 0.337. The molecule has 0 saturated carbocycles. The van der Waals surface area contributed by atoms with Crippen molar-refractivity contribution in [2.75, 3.05) is 26.2 Å². The Morgan fingerprint density at radius 1 is 1.05 bits per heavy atom. The summed E-state index contributed by atoms with van der Waals surface area (Å²) in [7, 11) is 0. The number of imide groups is 1. The molecule has 5 rings (SSSR count). The van der Waals surface area contributed by atoms with Gasteiger partial charge in [0.25, 0.3) is 5.91 Å². The number of rotatable bonds is 12. The molecule has 2 aromatic rings. The van der Waals surface area contributed by atoms with E-state index in [9.17, 15) is 14.4 Å². The van der Waals surface area contributed by atoms with Gasteiger partial charge in [0, 0.05) is 24.1 Å². The van der Waals surface area contributed by atoms with Crippen LogP contribution >= 0.6 is 0 Å². The van der Waals surface area contributed by atoms with Crippen LogP contribution in [0.15, 0.2) is 42.5 Å². The van der Waals surface area contributed by atoms with Crippen molar-refractivity contribution >= 4 is 17.7 Å². The molecule has 2 atom stereocenters. The molecule has 38 heavy (non-hydrogen) atoms. The second-order valence-corrected chi connectivity index (χ2v) is 10.3. The Labute approximate surface area is 224 Å². The fourth-order valence-corrected chi connectivity index (χ4v) is 5.72. The van der Waals surface area contributed by atoms with Gasteiger partial charge in [-0.15, -0.1) is 0 Å². The molecule has 202 valence electrons. The van der Waals surface area contributed by atoms with Crippen molar-refractivity contribution in [3.63, 3.8) is 0 Å². The van der Waals surface area contributed by atoms with E-state index in [1.807, 2.05) is 12.1 Å². The van der Waals surface area contributed by atoms with Crippen LogP contribution in [0.25, 0.3) is 0 Å². The molecule has 2 unspecified atom stereocenters. The molecule has 1 fully saturated rings. The molecule has 0 aromatic heterocycles. The number of ether oxygens (including phenoxy) is 2. The van der Waals surface area contributed by atoms with E-state index in [0.29, 0.717) is 30.9 Å². The fraction of sp³-hybridized carbons (Fsp3) is 0.500. The minimum Gasteiger partial charge on any atom is -0.493 e. The lowest BCUT2D eigenvalue weighted by molar-refractivity contribution is -0.136. The van der Waals surface area contributed by atoms with Gasteiger partial charge in [0.1, 0.15) is 11.8 Å². The van der Waals surface area contributed by atoms with Gasteiger partial charge in [-0.05, 0) is 68.5 Å². The third-order valence-electron chi connectivity index (χ3n) is 7.91. The van der Waals surface area contributed by atoms with Crippen molar-refractivity contribution in [1.29, 1.82) is 0 Å². The third-order valence-corrected chi connectivity index (χ3v) is 7.91. The number of nitrogens with zero attached hydrogens (tertiary/aromatic N) is 2. The summed E-state index contributed by atoms with van der Waals surface area (Å²) in [4.78, 5) is 40.8. The second-order valence-electron chi connectivity index (χ2n) is 10.3. The van der Waals surface area contributed by atoms with Crippen LogP contribution in [0.4, 0.5) is 0 Å². The van der Waals surface area contributed by atoms with Crippen LogP contribution in [0.1, 0.15) is 78.6 Å². The molecule has 3 heterocycles. The summed E-state index contributed by atoms with van der Waals surface area (Å²) in [5.74, 6) is -0.148. The van der Waals surface area contributed by atoms with Crippen molar-refractivity contribution in [3.8, 4) is 5.75 Å². The third kappa shape index (κ3) is 5.76. The zero-order valence-electron chi connectivity index (χ0n) is 22.1.